The first kappa shape index (κ1) is 11.4. The highest BCUT2D eigenvalue weighted by Crippen LogP contribution is 2.21. The molecule has 0 fully saturated rings. The normalized spacial score (nSPS) is 10.1. The second kappa shape index (κ2) is 5.33. The molecule has 0 saturated heterocycles. The minimum atomic E-state index is 0.609. The van der Waals surface area contributed by atoms with Gasteiger partial charge in [0.05, 0.1) is 6.61 Å². The van der Waals surface area contributed by atoms with Crippen LogP contribution in [0.2, 0.25) is 0 Å². The summed E-state index contributed by atoms with van der Waals surface area (Å²) in [6.07, 6.45) is 1.99. The molecular formula is C14H14N2O. The molecule has 17 heavy (non-hydrogen) atoms. The highest BCUT2D eigenvalue weighted by Gasteiger charge is 2.06. The summed E-state index contributed by atoms with van der Waals surface area (Å²) in [7, 11) is 1.66. The van der Waals surface area contributed by atoms with Gasteiger partial charge in [-0.2, -0.15) is 5.26 Å². The molecule has 0 unspecified atom stereocenters. The van der Waals surface area contributed by atoms with Crippen LogP contribution in [0.4, 0.5) is 0 Å². The van der Waals surface area contributed by atoms with Crippen LogP contribution in [0.15, 0.2) is 42.6 Å². The van der Waals surface area contributed by atoms with E-state index in [0.29, 0.717) is 18.8 Å². The number of methoxy groups -OCH3 is 1. The highest BCUT2D eigenvalue weighted by molar-refractivity contribution is 5.64. The largest absolute Gasteiger partial charge is 0.383 e. The molecule has 0 amide bonds. The van der Waals surface area contributed by atoms with E-state index in [1.54, 1.807) is 7.11 Å². The van der Waals surface area contributed by atoms with E-state index in [-0.39, 0.29) is 0 Å². The Labute approximate surface area is 101 Å². The molecule has 1 aromatic carbocycles. The molecule has 3 heteroatoms. The Bertz CT molecular complexity index is 523. The fourth-order valence-electron chi connectivity index (χ4n) is 1.76. The van der Waals surface area contributed by atoms with Crippen LogP contribution in [0, 0.1) is 11.3 Å². The molecule has 0 radical (unpaired) electrons. The number of nitrogens with zero attached hydrogens (tertiary/aromatic N) is 2. The highest BCUT2D eigenvalue weighted by atomic mass is 16.5. The van der Waals surface area contributed by atoms with Crippen LogP contribution in [0.1, 0.15) is 5.69 Å². The summed E-state index contributed by atoms with van der Waals surface area (Å²) in [5, 5.41) is 9.07. The second-order valence-electron chi connectivity index (χ2n) is 3.78. The summed E-state index contributed by atoms with van der Waals surface area (Å²) in [6, 6.07) is 14.2. The summed E-state index contributed by atoms with van der Waals surface area (Å²) in [5.74, 6) is 0. The number of hydrogen-bond acceptors (Lipinski definition) is 2. The first-order valence-electron chi connectivity index (χ1n) is 5.50. The zero-order chi connectivity index (χ0) is 12.1. The lowest BCUT2D eigenvalue weighted by Crippen LogP contribution is -2.04. The molecular weight excluding hydrogens is 212 g/mol. The van der Waals surface area contributed by atoms with Gasteiger partial charge in [-0.1, -0.05) is 30.3 Å². The van der Waals surface area contributed by atoms with E-state index in [4.69, 9.17) is 10.00 Å². The second-order valence-corrected chi connectivity index (χ2v) is 3.78. The molecule has 0 aliphatic carbocycles. The molecule has 0 aliphatic rings. The van der Waals surface area contributed by atoms with Gasteiger partial charge in [0.2, 0.25) is 0 Å². The lowest BCUT2D eigenvalue weighted by molar-refractivity contribution is 0.187. The maximum absolute atomic E-state index is 9.07. The Morgan fingerprint density at radius 3 is 2.65 bits per heavy atom. The summed E-state index contributed by atoms with van der Waals surface area (Å²) >= 11 is 0. The molecule has 3 nitrogen and oxygen atoms in total. The lowest BCUT2D eigenvalue weighted by Gasteiger charge is -2.02. The van der Waals surface area contributed by atoms with E-state index in [9.17, 15) is 0 Å². The molecule has 0 bridgehead atoms. The topological polar surface area (TPSA) is 38.0 Å². The fourth-order valence-corrected chi connectivity index (χ4v) is 1.76. The van der Waals surface area contributed by atoms with Crippen LogP contribution >= 0.6 is 0 Å². The van der Waals surface area contributed by atoms with Crippen molar-refractivity contribution in [2.24, 2.45) is 0 Å². The first-order chi connectivity index (χ1) is 8.35. The molecule has 0 atom stereocenters. The Kier molecular flexibility index (Phi) is 3.59. The Balaban J connectivity index is 2.32. The van der Waals surface area contributed by atoms with Gasteiger partial charge in [0.15, 0.2) is 0 Å². The van der Waals surface area contributed by atoms with Crippen molar-refractivity contribution in [2.75, 3.05) is 13.7 Å². The quantitative estimate of drug-likeness (QED) is 0.803. The summed E-state index contributed by atoms with van der Waals surface area (Å²) in [4.78, 5) is 0. The van der Waals surface area contributed by atoms with Crippen molar-refractivity contribution < 1.29 is 4.74 Å². The standard InChI is InChI=1S/C14H14N2O/c1-17-8-7-16-11-13(9-14(16)10-15)12-5-3-2-4-6-12/h2-6,9,11H,7-8H2,1H3. The minimum Gasteiger partial charge on any atom is -0.383 e. The number of rotatable bonds is 4. The van der Waals surface area contributed by atoms with Crippen molar-refractivity contribution in [1.82, 2.24) is 4.57 Å². The van der Waals surface area contributed by atoms with Gasteiger partial charge >= 0.3 is 0 Å². The minimum absolute atomic E-state index is 0.609. The molecule has 86 valence electrons. The average molecular weight is 226 g/mol. The van der Waals surface area contributed by atoms with E-state index >= 15 is 0 Å². The van der Waals surface area contributed by atoms with Crippen LogP contribution in [0.5, 0.6) is 0 Å². The van der Waals surface area contributed by atoms with Crippen LogP contribution < -0.4 is 0 Å². The maximum atomic E-state index is 9.07. The molecule has 0 aliphatic heterocycles. The lowest BCUT2D eigenvalue weighted by atomic mass is 10.1. The number of benzene rings is 1. The third-order valence-corrected chi connectivity index (χ3v) is 2.65. The van der Waals surface area contributed by atoms with Crippen molar-refractivity contribution in [3.8, 4) is 17.2 Å². The van der Waals surface area contributed by atoms with Gasteiger partial charge in [0.25, 0.3) is 0 Å². The average Bonchev–Trinajstić information content (AvgIpc) is 2.80. The smallest absolute Gasteiger partial charge is 0.120 e. The third-order valence-electron chi connectivity index (χ3n) is 2.65. The zero-order valence-corrected chi connectivity index (χ0v) is 9.76. The Hall–Kier alpha value is -2.05. The molecule has 0 spiro atoms. The van der Waals surface area contributed by atoms with Gasteiger partial charge in [-0.05, 0) is 11.6 Å². The molecule has 1 aromatic heterocycles. The fraction of sp³-hybridized carbons (Fsp3) is 0.214. The van der Waals surface area contributed by atoms with Crippen molar-refractivity contribution in [3.05, 3.63) is 48.3 Å². The molecule has 2 aromatic rings. The van der Waals surface area contributed by atoms with E-state index in [1.165, 1.54) is 0 Å². The summed E-state index contributed by atoms with van der Waals surface area (Å²) in [6.45, 7) is 1.31. The molecule has 2 rings (SSSR count). The van der Waals surface area contributed by atoms with Gasteiger partial charge in [-0.15, -0.1) is 0 Å². The van der Waals surface area contributed by atoms with Crippen molar-refractivity contribution in [3.63, 3.8) is 0 Å². The van der Waals surface area contributed by atoms with Gasteiger partial charge in [0, 0.05) is 25.4 Å². The number of hydrogen-bond donors (Lipinski definition) is 0. The van der Waals surface area contributed by atoms with E-state index in [2.05, 4.69) is 6.07 Å². The van der Waals surface area contributed by atoms with E-state index in [0.717, 1.165) is 11.1 Å². The SMILES string of the molecule is COCCn1cc(-c2ccccc2)cc1C#N. The summed E-state index contributed by atoms with van der Waals surface area (Å²) in [5.41, 5.74) is 2.86. The van der Waals surface area contributed by atoms with Crippen LogP contribution in [-0.4, -0.2) is 18.3 Å². The zero-order valence-electron chi connectivity index (χ0n) is 9.76. The van der Waals surface area contributed by atoms with Crippen molar-refractivity contribution >= 4 is 0 Å². The monoisotopic (exact) mass is 226 g/mol. The first-order valence-corrected chi connectivity index (χ1v) is 5.50. The molecule has 0 N–H and O–H groups in total. The van der Waals surface area contributed by atoms with Crippen molar-refractivity contribution in [1.29, 1.82) is 5.26 Å². The van der Waals surface area contributed by atoms with E-state index in [1.807, 2.05) is 47.2 Å². The number of ether oxygens (including phenoxy) is 1. The van der Waals surface area contributed by atoms with Gasteiger partial charge in [-0.3, -0.25) is 0 Å². The summed E-state index contributed by atoms with van der Waals surface area (Å²) < 4.78 is 6.95. The molecule has 0 saturated carbocycles. The van der Waals surface area contributed by atoms with Crippen LogP contribution in [0.3, 0.4) is 0 Å². The van der Waals surface area contributed by atoms with Crippen LogP contribution in [-0.2, 0) is 11.3 Å². The number of aromatic nitrogens is 1. The van der Waals surface area contributed by atoms with E-state index < -0.39 is 0 Å². The number of nitriles is 1. The third kappa shape index (κ3) is 2.55. The predicted octanol–water partition coefficient (Wildman–Crippen LogP) is 2.67. The van der Waals surface area contributed by atoms with Crippen LogP contribution in [0.25, 0.3) is 11.1 Å². The van der Waals surface area contributed by atoms with Gasteiger partial charge < -0.3 is 9.30 Å². The molecule has 1 heterocycles. The maximum Gasteiger partial charge on any atom is 0.120 e. The van der Waals surface area contributed by atoms with Gasteiger partial charge in [-0.25, -0.2) is 0 Å². The Morgan fingerprint density at radius 1 is 1.24 bits per heavy atom. The van der Waals surface area contributed by atoms with Gasteiger partial charge in [0.1, 0.15) is 11.8 Å². The predicted molar refractivity (Wildman–Crippen MR) is 66.5 cm³/mol. The van der Waals surface area contributed by atoms with Crippen molar-refractivity contribution in [2.45, 2.75) is 6.54 Å². The Morgan fingerprint density at radius 2 is 2.00 bits per heavy atom.